The Morgan fingerprint density at radius 1 is 1.12 bits per heavy atom. The standard InChI is InChI=1S/C14H14N2S/c1-10-7-8-12(14(15)17)13(9-10)16-11-5-3-2-4-6-11/h2-9,16H,1H3,(H2,15,17). The van der Waals surface area contributed by atoms with E-state index in [1.165, 1.54) is 5.56 Å². The number of hydrogen-bond donors (Lipinski definition) is 2. The predicted octanol–water partition coefficient (Wildman–Crippen LogP) is 3.37. The molecule has 0 radical (unpaired) electrons. The maximum Gasteiger partial charge on any atom is 0.106 e. The van der Waals surface area contributed by atoms with Gasteiger partial charge in [-0.25, -0.2) is 0 Å². The quantitative estimate of drug-likeness (QED) is 0.810. The first kappa shape index (κ1) is 11.6. The van der Waals surface area contributed by atoms with Gasteiger partial charge in [-0.2, -0.15) is 0 Å². The van der Waals surface area contributed by atoms with Gasteiger partial charge in [0.25, 0.3) is 0 Å². The van der Waals surface area contributed by atoms with E-state index in [9.17, 15) is 0 Å². The van der Waals surface area contributed by atoms with E-state index in [0.717, 1.165) is 16.9 Å². The van der Waals surface area contributed by atoms with Gasteiger partial charge >= 0.3 is 0 Å². The summed E-state index contributed by atoms with van der Waals surface area (Å²) in [6.45, 7) is 2.04. The zero-order chi connectivity index (χ0) is 12.3. The number of rotatable bonds is 3. The lowest BCUT2D eigenvalue weighted by Gasteiger charge is -2.12. The molecule has 0 aliphatic rings. The Labute approximate surface area is 106 Å². The Balaban J connectivity index is 2.37. The number of anilines is 2. The number of para-hydroxylation sites is 1. The minimum Gasteiger partial charge on any atom is -0.389 e. The average molecular weight is 242 g/mol. The second-order valence-corrected chi connectivity index (χ2v) is 4.34. The van der Waals surface area contributed by atoms with Gasteiger partial charge in [0.2, 0.25) is 0 Å². The molecule has 0 atom stereocenters. The summed E-state index contributed by atoms with van der Waals surface area (Å²) >= 11 is 5.05. The second kappa shape index (κ2) is 4.97. The summed E-state index contributed by atoms with van der Waals surface area (Å²) in [4.78, 5) is 0.406. The van der Waals surface area contributed by atoms with Crippen molar-refractivity contribution in [3.05, 3.63) is 59.7 Å². The first-order chi connectivity index (χ1) is 8.16. The van der Waals surface area contributed by atoms with E-state index in [4.69, 9.17) is 18.0 Å². The molecular formula is C14H14N2S. The van der Waals surface area contributed by atoms with Crippen molar-refractivity contribution in [2.75, 3.05) is 5.32 Å². The SMILES string of the molecule is Cc1ccc(C(N)=S)c(Nc2ccccc2)c1. The topological polar surface area (TPSA) is 38.0 Å². The van der Waals surface area contributed by atoms with E-state index in [0.29, 0.717) is 4.99 Å². The van der Waals surface area contributed by atoms with Crippen LogP contribution in [0.3, 0.4) is 0 Å². The molecule has 2 nitrogen and oxygen atoms in total. The van der Waals surface area contributed by atoms with Gasteiger partial charge in [0.15, 0.2) is 0 Å². The highest BCUT2D eigenvalue weighted by Crippen LogP contribution is 2.22. The molecule has 0 saturated carbocycles. The largest absolute Gasteiger partial charge is 0.389 e. The molecule has 0 saturated heterocycles. The highest BCUT2D eigenvalue weighted by molar-refractivity contribution is 7.80. The van der Waals surface area contributed by atoms with Crippen molar-refractivity contribution >= 4 is 28.6 Å². The smallest absolute Gasteiger partial charge is 0.106 e. The Morgan fingerprint density at radius 2 is 1.82 bits per heavy atom. The van der Waals surface area contributed by atoms with E-state index in [-0.39, 0.29) is 0 Å². The van der Waals surface area contributed by atoms with E-state index in [2.05, 4.69) is 5.32 Å². The van der Waals surface area contributed by atoms with E-state index < -0.39 is 0 Å². The zero-order valence-electron chi connectivity index (χ0n) is 9.60. The molecule has 0 aliphatic carbocycles. The summed E-state index contributed by atoms with van der Waals surface area (Å²) in [5, 5.41) is 3.33. The molecule has 3 heteroatoms. The summed E-state index contributed by atoms with van der Waals surface area (Å²) in [6, 6.07) is 16.0. The Morgan fingerprint density at radius 3 is 2.47 bits per heavy atom. The van der Waals surface area contributed by atoms with Gasteiger partial charge in [-0.05, 0) is 36.8 Å². The average Bonchev–Trinajstić information content (AvgIpc) is 2.30. The van der Waals surface area contributed by atoms with Crippen molar-refractivity contribution in [3.63, 3.8) is 0 Å². The van der Waals surface area contributed by atoms with E-state index in [1.54, 1.807) is 0 Å². The maximum atomic E-state index is 5.71. The third-order valence-corrected chi connectivity index (χ3v) is 2.71. The fourth-order valence-electron chi connectivity index (χ4n) is 1.65. The van der Waals surface area contributed by atoms with Gasteiger partial charge in [-0.15, -0.1) is 0 Å². The van der Waals surface area contributed by atoms with Crippen LogP contribution >= 0.6 is 12.2 Å². The van der Waals surface area contributed by atoms with Crippen molar-refractivity contribution in [1.82, 2.24) is 0 Å². The molecule has 2 aromatic rings. The Kier molecular flexibility index (Phi) is 3.40. The van der Waals surface area contributed by atoms with Crippen LogP contribution in [0.2, 0.25) is 0 Å². The predicted molar refractivity (Wildman–Crippen MR) is 76.8 cm³/mol. The molecule has 86 valence electrons. The summed E-state index contributed by atoms with van der Waals surface area (Å²) in [5.41, 5.74) is 9.72. The van der Waals surface area contributed by atoms with Crippen LogP contribution in [0.25, 0.3) is 0 Å². The van der Waals surface area contributed by atoms with Crippen LogP contribution in [0.4, 0.5) is 11.4 Å². The van der Waals surface area contributed by atoms with Crippen molar-refractivity contribution in [2.45, 2.75) is 6.92 Å². The molecule has 0 spiro atoms. The zero-order valence-corrected chi connectivity index (χ0v) is 10.4. The summed E-state index contributed by atoms with van der Waals surface area (Å²) < 4.78 is 0. The molecule has 0 heterocycles. The normalized spacial score (nSPS) is 9.94. The lowest BCUT2D eigenvalue weighted by molar-refractivity contribution is 1.43. The van der Waals surface area contributed by atoms with Crippen molar-refractivity contribution in [1.29, 1.82) is 0 Å². The number of hydrogen-bond acceptors (Lipinski definition) is 2. The molecule has 17 heavy (non-hydrogen) atoms. The fourth-order valence-corrected chi connectivity index (χ4v) is 1.83. The summed E-state index contributed by atoms with van der Waals surface area (Å²) in [5.74, 6) is 0. The molecule has 0 fully saturated rings. The van der Waals surface area contributed by atoms with Gasteiger partial charge < -0.3 is 11.1 Å². The van der Waals surface area contributed by atoms with E-state index in [1.807, 2.05) is 55.5 Å². The van der Waals surface area contributed by atoms with E-state index >= 15 is 0 Å². The first-order valence-corrected chi connectivity index (χ1v) is 5.80. The van der Waals surface area contributed by atoms with Gasteiger partial charge in [-0.1, -0.05) is 36.5 Å². The van der Waals surface area contributed by atoms with Gasteiger partial charge in [0.1, 0.15) is 4.99 Å². The van der Waals surface area contributed by atoms with Crippen molar-refractivity contribution < 1.29 is 0 Å². The Hall–Kier alpha value is -1.87. The summed E-state index contributed by atoms with van der Waals surface area (Å²) in [6.07, 6.45) is 0. The molecule has 0 unspecified atom stereocenters. The molecule has 0 bridgehead atoms. The maximum absolute atomic E-state index is 5.71. The van der Waals surface area contributed by atoms with Gasteiger partial charge in [-0.3, -0.25) is 0 Å². The fraction of sp³-hybridized carbons (Fsp3) is 0.0714. The molecular weight excluding hydrogens is 228 g/mol. The molecule has 0 aliphatic heterocycles. The third kappa shape index (κ3) is 2.82. The van der Waals surface area contributed by atoms with Crippen LogP contribution in [0.1, 0.15) is 11.1 Å². The van der Waals surface area contributed by atoms with Crippen LogP contribution < -0.4 is 11.1 Å². The number of nitrogens with one attached hydrogen (secondary N) is 1. The van der Waals surface area contributed by atoms with Crippen LogP contribution in [-0.2, 0) is 0 Å². The summed E-state index contributed by atoms with van der Waals surface area (Å²) in [7, 11) is 0. The van der Waals surface area contributed by atoms with Crippen LogP contribution in [-0.4, -0.2) is 4.99 Å². The number of thiocarbonyl (C=S) groups is 1. The minimum absolute atomic E-state index is 0.406. The van der Waals surface area contributed by atoms with Crippen molar-refractivity contribution in [2.24, 2.45) is 5.73 Å². The number of nitrogens with two attached hydrogens (primary N) is 1. The molecule has 2 rings (SSSR count). The first-order valence-electron chi connectivity index (χ1n) is 5.39. The molecule has 0 amide bonds. The third-order valence-electron chi connectivity index (χ3n) is 2.49. The highest BCUT2D eigenvalue weighted by atomic mass is 32.1. The number of benzene rings is 2. The lowest BCUT2D eigenvalue weighted by Crippen LogP contribution is -2.12. The van der Waals surface area contributed by atoms with Crippen LogP contribution in [0.15, 0.2) is 48.5 Å². The van der Waals surface area contributed by atoms with Gasteiger partial charge in [0.05, 0.1) is 0 Å². The van der Waals surface area contributed by atoms with Gasteiger partial charge in [0, 0.05) is 16.9 Å². The lowest BCUT2D eigenvalue weighted by atomic mass is 10.1. The monoisotopic (exact) mass is 242 g/mol. The van der Waals surface area contributed by atoms with Crippen LogP contribution in [0.5, 0.6) is 0 Å². The van der Waals surface area contributed by atoms with Crippen LogP contribution in [0, 0.1) is 6.92 Å². The number of aryl methyl sites for hydroxylation is 1. The molecule has 0 aromatic heterocycles. The molecule has 2 aromatic carbocycles. The second-order valence-electron chi connectivity index (χ2n) is 3.90. The van der Waals surface area contributed by atoms with Crippen molar-refractivity contribution in [3.8, 4) is 0 Å². The highest BCUT2D eigenvalue weighted by Gasteiger charge is 2.05. The molecule has 3 N–H and O–H groups in total. The Bertz CT molecular complexity index is 535. The minimum atomic E-state index is 0.406.